The molecule has 0 aromatic heterocycles. The molecule has 0 saturated carbocycles. The molecule has 1 amide bonds. The lowest BCUT2D eigenvalue weighted by atomic mass is 10.0. The van der Waals surface area contributed by atoms with Crippen molar-refractivity contribution in [3.8, 4) is 11.5 Å². The summed E-state index contributed by atoms with van der Waals surface area (Å²) in [7, 11) is 0. The molecule has 0 radical (unpaired) electrons. The number of amides is 1. The maximum absolute atomic E-state index is 14.5. The lowest BCUT2D eigenvalue weighted by Crippen LogP contribution is -2.50. The summed E-state index contributed by atoms with van der Waals surface area (Å²) in [5.41, 5.74) is 1.97. The number of carbonyl (C=O) groups is 2. The molecule has 5 rings (SSSR count). The number of nitrogens with zero attached hydrogens (tertiary/aromatic N) is 3. The van der Waals surface area contributed by atoms with E-state index in [1.807, 2.05) is 28.0 Å². The standard InChI is InChI=1S/C26H30FN3O4/c1-18(31)19-4-6-23(21(27)15-19)29-11-9-28(10-12-29)17-26(32)30-8-2-3-22(30)20-5-7-24-25(16-20)34-14-13-33-24/h4-7,15-16,22H,2-3,8-14,17H2,1H3/t22-/m0/s1. The number of piperazine rings is 1. The zero-order valence-corrected chi connectivity index (χ0v) is 19.5. The number of halogens is 1. The van der Waals surface area contributed by atoms with Crippen molar-refractivity contribution in [2.45, 2.75) is 25.8 Å². The summed E-state index contributed by atoms with van der Waals surface area (Å²) < 4.78 is 25.9. The first-order valence-corrected chi connectivity index (χ1v) is 12.0. The van der Waals surface area contributed by atoms with E-state index in [4.69, 9.17) is 9.47 Å². The largest absolute Gasteiger partial charge is 0.486 e. The summed E-state index contributed by atoms with van der Waals surface area (Å²) in [4.78, 5) is 30.8. The predicted molar refractivity (Wildman–Crippen MR) is 126 cm³/mol. The van der Waals surface area contributed by atoms with Crippen LogP contribution in [0.4, 0.5) is 10.1 Å². The molecular formula is C26H30FN3O4. The van der Waals surface area contributed by atoms with Crippen LogP contribution < -0.4 is 14.4 Å². The lowest BCUT2D eigenvalue weighted by Gasteiger charge is -2.37. The minimum absolute atomic E-state index is 0.0542. The van der Waals surface area contributed by atoms with Crippen LogP contribution in [0.5, 0.6) is 11.5 Å². The fraction of sp³-hybridized carbons (Fsp3) is 0.462. The number of ketones is 1. The highest BCUT2D eigenvalue weighted by molar-refractivity contribution is 5.94. The predicted octanol–water partition coefficient (Wildman–Crippen LogP) is 3.29. The maximum Gasteiger partial charge on any atom is 0.237 e. The highest BCUT2D eigenvalue weighted by atomic mass is 19.1. The van der Waals surface area contributed by atoms with E-state index in [2.05, 4.69) is 4.90 Å². The monoisotopic (exact) mass is 467 g/mol. The quantitative estimate of drug-likeness (QED) is 0.629. The molecule has 34 heavy (non-hydrogen) atoms. The fourth-order valence-corrected chi connectivity index (χ4v) is 5.09. The second kappa shape index (κ2) is 9.62. The number of hydrogen-bond donors (Lipinski definition) is 0. The molecule has 8 heteroatoms. The van der Waals surface area contributed by atoms with Gasteiger partial charge in [-0.15, -0.1) is 0 Å². The van der Waals surface area contributed by atoms with Crippen molar-refractivity contribution in [2.24, 2.45) is 0 Å². The Bertz CT molecular complexity index is 1080. The van der Waals surface area contributed by atoms with Crippen molar-refractivity contribution < 1.29 is 23.5 Å². The van der Waals surface area contributed by atoms with Crippen LogP contribution in [0, 0.1) is 5.82 Å². The SMILES string of the molecule is CC(=O)c1ccc(N2CCN(CC(=O)N3CCC[C@H]3c3ccc4c(c3)OCCO4)CC2)c(F)c1. The average molecular weight is 468 g/mol. The Morgan fingerprint density at radius 3 is 2.47 bits per heavy atom. The molecule has 7 nitrogen and oxygen atoms in total. The molecule has 3 aliphatic heterocycles. The van der Waals surface area contributed by atoms with Gasteiger partial charge in [-0.05, 0) is 55.7 Å². The van der Waals surface area contributed by atoms with Crippen molar-refractivity contribution >= 4 is 17.4 Å². The van der Waals surface area contributed by atoms with Crippen molar-refractivity contribution in [3.05, 3.63) is 53.3 Å². The molecule has 2 aromatic rings. The van der Waals surface area contributed by atoms with Gasteiger partial charge in [-0.3, -0.25) is 14.5 Å². The molecule has 0 N–H and O–H groups in total. The van der Waals surface area contributed by atoms with Crippen molar-refractivity contribution in [1.82, 2.24) is 9.80 Å². The number of fused-ring (bicyclic) bond motifs is 1. The summed E-state index contributed by atoms with van der Waals surface area (Å²) in [5, 5.41) is 0. The smallest absolute Gasteiger partial charge is 0.237 e. The van der Waals surface area contributed by atoms with Crippen LogP contribution in [0.3, 0.4) is 0 Å². The molecule has 0 spiro atoms. The second-order valence-electron chi connectivity index (χ2n) is 9.13. The molecule has 2 saturated heterocycles. The molecule has 0 bridgehead atoms. The number of carbonyl (C=O) groups excluding carboxylic acids is 2. The van der Waals surface area contributed by atoms with Crippen LogP contribution in [0.15, 0.2) is 36.4 Å². The Balaban J connectivity index is 1.19. The van der Waals surface area contributed by atoms with Crippen LogP contribution >= 0.6 is 0 Å². The zero-order valence-electron chi connectivity index (χ0n) is 19.5. The summed E-state index contributed by atoms with van der Waals surface area (Å²) >= 11 is 0. The summed E-state index contributed by atoms with van der Waals surface area (Å²) in [6, 6.07) is 10.7. The number of benzene rings is 2. The van der Waals surface area contributed by atoms with E-state index in [0.717, 1.165) is 36.4 Å². The van der Waals surface area contributed by atoms with Gasteiger partial charge in [-0.1, -0.05) is 6.07 Å². The van der Waals surface area contributed by atoms with Crippen LogP contribution in [0.25, 0.3) is 0 Å². The van der Waals surface area contributed by atoms with Gasteiger partial charge in [0.15, 0.2) is 17.3 Å². The van der Waals surface area contributed by atoms with Crippen LogP contribution in [-0.4, -0.2) is 74.0 Å². The zero-order chi connectivity index (χ0) is 23.7. The van der Waals surface area contributed by atoms with Gasteiger partial charge in [0.1, 0.15) is 19.0 Å². The molecule has 2 fully saturated rings. The van der Waals surface area contributed by atoms with E-state index < -0.39 is 0 Å². The van der Waals surface area contributed by atoms with Crippen molar-refractivity contribution in [2.75, 3.05) is 57.4 Å². The van der Waals surface area contributed by atoms with Gasteiger partial charge >= 0.3 is 0 Å². The highest BCUT2D eigenvalue weighted by Gasteiger charge is 2.32. The van der Waals surface area contributed by atoms with Crippen molar-refractivity contribution in [3.63, 3.8) is 0 Å². The summed E-state index contributed by atoms with van der Waals surface area (Å²) in [6.07, 6.45) is 1.92. The fourth-order valence-electron chi connectivity index (χ4n) is 5.09. The number of Topliss-reactive ketones (excluding diaryl/α,β-unsaturated/α-hetero) is 1. The number of hydrogen-bond acceptors (Lipinski definition) is 6. The molecule has 3 aliphatic rings. The van der Waals surface area contributed by atoms with Crippen molar-refractivity contribution in [1.29, 1.82) is 0 Å². The van der Waals surface area contributed by atoms with E-state index in [1.165, 1.54) is 13.0 Å². The number of likely N-dealkylation sites (tertiary alicyclic amines) is 1. The van der Waals surface area contributed by atoms with Gasteiger partial charge in [0.2, 0.25) is 5.91 Å². The minimum atomic E-state index is -0.378. The maximum atomic E-state index is 14.5. The Morgan fingerprint density at radius 2 is 1.74 bits per heavy atom. The molecule has 0 aliphatic carbocycles. The van der Waals surface area contributed by atoms with E-state index >= 15 is 0 Å². The van der Waals surface area contributed by atoms with Crippen LogP contribution in [-0.2, 0) is 4.79 Å². The first kappa shape index (κ1) is 22.7. The summed E-state index contributed by atoms with van der Waals surface area (Å²) in [6.45, 7) is 6.29. The van der Waals surface area contributed by atoms with Gasteiger partial charge in [0.05, 0.1) is 18.3 Å². The van der Waals surface area contributed by atoms with Gasteiger partial charge in [0, 0.05) is 38.3 Å². The second-order valence-corrected chi connectivity index (χ2v) is 9.13. The molecule has 1 atom stereocenters. The number of rotatable bonds is 5. The molecule has 180 valence electrons. The van der Waals surface area contributed by atoms with Crippen LogP contribution in [0.2, 0.25) is 0 Å². The third-order valence-corrected chi connectivity index (χ3v) is 6.95. The first-order chi connectivity index (χ1) is 16.5. The van der Waals surface area contributed by atoms with Gasteiger partial charge in [-0.2, -0.15) is 0 Å². The van der Waals surface area contributed by atoms with E-state index in [0.29, 0.717) is 57.2 Å². The Hall–Kier alpha value is -3.13. The normalized spacial score (nSPS) is 20.5. The van der Waals surface area contributed by atoms with E-state index in [-0.39, 0.29) is 23.5 Å². The van der Waals surface area contributed by atoms with Gasteiger partial charge < -0.3 is 19.3 Å². The topological polar surface area (TPSA) is 62.3 Å². The number of anilines is 1. The van der Waals surface area contributed by atoms with E-state index in [9.17, 15) is 14.0 Å². The summed E-state index contributed by atoms with van der Waals surface area (Å²) in [5.74, 6) is 1.11. The Kier molecular flexibility index (Phi) is 6.41. The lowest BCUT2D eigenvalue weighted by molar-refractivity contribution is -0.133. The third-order valence-electron chi connectivity index (χ3n) is 6.95. The third kappa shape index (κ3) is 4.59. The van der Waals surface area contributed by atoms with Gasteiger partial charge in [-0.25, -0.2) is 4.39 Å². The highest BCUT2D eigenvalue weighted by Crippen LogP contribution is 2.38. The van der Waals surface area contributed by atoms with Crippen LogP contribution in [0.1, 0.15) is 41.7 Å². The Labute approximate surface area is 199 Å². The molecule has 2 aromatic carbocycles. The first-order valence-electron chi connectivity index (χ1n) is 12.0. The molecule has 3 heterocycles. The number of ether oxygens (including phenoxy) is 2. The van der Waals surface area contributed by atoms with Gasteiger partial charge in [0.25, 0.3) is 0 Å². The average Bonchev–Trinajstić information content (AvgIpc) is 3.34. The molecular weight excluding hydrogens is 437 g/mol. The Morgan fingerprint density at radius 1 is 0.971 bits per heavy atom. The van der Waals surface area contributed by atoms with E-state index in [1.54, 1.807) is 12.1 Å². The minimum Gasteiger partial charge on any atom is -0.486 e. The molecule has 0 unspecified atom stereocenters.